The molecule has 1 rings (SSSR count). The summed E-state index contributed by atoms with van der Waals surface area (Å²) in [5, 5.41) is 8.69. The SMILES string of the molecule is CCNC(=NCCCOC)NCCc1cccs1. The van der Waals surface area contributed by atoms with Crippen molar-refractivity contribution in [1.82, 2.24) is 10.6 Å². The summed E-state index contributed by atoms with van der Waals surface area (Å²) < 4.78 is 5.01. The first-order valence-corrected chi connectivity index (χ1v) is 7.28. The largest absolute Gasteiger partial charge is 0.385 e. The Morgan fingerprint density at radius 2 is 2.33 bits per heavy atom. The molecular weight excluding hydrogens is 246 g/mol. The number of methoxy groups -OCH3 is 1. The predicted octanol–water partition coefficient (Wildman–Crippen LogP) is 1.88. The Morgan fingerprint density at radius 3 is 3.00 bits per heavy atom. The molecule has 0 amide bonds. The van der Waals surface area contributed by atoms with E-state index in [0.717, 1.165) is 45.0 Å². The number of aliphatic imine (C=N–C) groups is 1. The molecule has 18 heavy (non-hydrogen) atoms. The lowest BCUT2D eigenvalue weighted by molar-refractivity contribution is 0.197. The minimum absolute atomic E-state index is 0.762. The number of rotatable bonds is 8. The minimum Gasteiger partial charge on any atom is -0.385 e. The number of guanidine groups is 1. The van der Waals surface area contributed by atoms with Crippen LogP contribution in [0, 0.1) is 0 Å². The van der Waals surface area contributed by atoms with Crippen molar-refractivity contribution in [2.24, 2.45) is 4.99 Å². The second-order valence-corrected chi connectivity index (χ2v) is 4.90. The second kappa shape index (κ2) is 9.91. The highest BCUT2D eigenvalue weighted by atomic mass is 32.1. The highest BCUT2D eigenvalue weighted by molar-refractivity contribution is 7.09. The lowest BCUT2D eigenvalue weighted by atomic mass is 10.3. The van der Waals surface area contributed by atoms with E-state index in [4.69, 9.17) is 4.74 Å². The average molecular weight is 269 g/mol. The Balaban J connectivity index is 2.23. The third-order valence-corrected chi connectivity index (χ3v) is 3.30. The summed E-state index contributed by atoms with van der Waals surface area (Å²) in [5.41, 5.74) is 0. The van der Waals surface area contributed by atoms with Crippen LogP contribution in [0.1, 0.15) is 18.2 Å². The van der Waals surface area contributed by atoms with Gasteiger partial charge >= 0.3 is 0 Å². The van der Waals surface area contributed by atoms with E-state index in [9.17, 15) is 0 Å². The molecular formula is C13H23N3OS. The van der Waals surface area contributed by atoms with Gasteiger partial charge in [-0.3, -0.25) is 4.99 Å². The lowest BCUT2D eigenvalue weighted by Gasteiger charge is -2.10. The van der Waals surface area contributed by atoms with Gasteiger partial charge in [0, 0.05) is 38.2 Å². The Morgan fingerprint density at radius 1 is 1.44 bits per heavy atom. The summed E-state index contributed by atoms with van der Waals surface area (Å²) >= 11 is 1.80. The average Bonchev–Trinajstić information content (AvgIpc) is 2.87. The van der Waals surface area contributed by atoms with Gasteiger partial charge in [-0.2, -0.15) is 0 Å². The smallest absolute Gasteiger partial charge is 0.191 e. The van der Waals surface area contributed by atoms with Gasteiger partial charge in [0.05, 0.1) is 0 Å². The molecule has 1 aromatic rings. The summed E-state index contributed by atoms with van der Waals surface area (Å²) in [5.74, 6) is 0.894. The number of hydrogen-bond acceptors (Lipinski definition) is 3. The van der Waals surface area contributed by atoms with Crippen molar-refractivity contribution >= 4 is 17.3 Å². The first-order chi connectivity index (χ1) is 8.86. The number of nitrogens with zero attached hydrogens (tertiary/aromatic N) is 1. The van der Waals surface area contributed by atoms with Gasteiger partial charge in [-0.15, -0.1) is 11.3 Å². The molecule has 2 N–H and O–H groups in total. The highest BCUT2D eigenvalue weighted by Gasteiger charge is 1.97. The van der Waals surface area contributed by atoms with E-state index in [1.54, 1.807) is 18.4 Å². The van der Waals surface area contributed by atoms with Crippen molar-refractivity contribution in [3.05, 3.63) is 22.4 Å². The minimum atomic E-state index is 0.762. The molecule has 0 aliphatic carbocycles. The van der Waals surface area contributed by atoms with Gasteiger partial charge in [-0.25, -0.2) is 0 Å². The zero-order valence-corrected chi connectivity index (χ0v) is 12.1. The van der Waals surface area contributed by atoms with E-state index in [1.165, 1.54) is 4.88 Å². The van der Waals surface area contributed by atoms with Gasteiger partial charge in [0.25, 0.3) is 0 Å². The van der Waals surface area contributed by atoms with Gasteiger partial charge in [0.2, 0.25) is 0 Å². The molecule has 1 heterocycles. The molecule has 0 bridgehead atoms. The maximum atomic E-state index is 5.01. The molecule has 1 aromatic heterocycles. The van der Waals surface area contributed by atoms with Crippen LogP contribution < -0.4 is 10.6 Å². The second-order valence-electron chi connectivity index (χ2n) is 3.86. The molecule has 0 atom stereocenters. The van der Waals surface area contributed by atoms with Crippen molar-refractivity contribution in [3.8, 4) is 0 Å². The molecule has 0 aliphatic rings. The van der Waals surface area contributed by atoms with E-state index in [2.05, 4.69) is 40.1 Å². The van der Waals surface area contributed by atoms with Crippen LogP contribution in [0.5, 0.6) is 0 Å². The van der Waals surface area contributed by atoms with Crippen LogP contribution in [0.3, 0.4) is 0 Å². The van der Waals surface area contributed by atoms with Crippen LogP contribution in [-0.4, -0.2) is 39.3 Å². The van der Waals surface area contributed by atoms with Crippen LogP contribution >= 0.6 is 11.3 Å². The van der Waals surface area contributed by atoms with E-state index in [-0.39, 0.29) is 0 Å². The Bertz CT molecular complexity index is 325. The van der Waals surface area contributed by atoms with Gasteiger partial charge in [-0.05, 0) is 31.2 Å². The number of nitrogens with one attached hydrogen (secondary N) is 2. The van der Waals surface area contributed by atoms with Gasteiger partial charge < -0.3 is 15.4 Å². The fourth-order valence-corrected chi connectivity index (χ4v) is 2.21. The quantitative estimate of drug-likeness (QED) is 0.430. The fraction of sp³-hybridized carbons (Fsp3) is 0.615. The summed E-state index contributed by atoms with van der Waals surface area (Å²) in [7, 11) is 1.72. The zero-order chi connectivity index (χ0) is 13.1. The van der Waals surface area contributed by atoms with Crippen LogP contribution in [0.15, 0.2) is 22.5 Å². The van der Waals surface area contributed by atoms with Crippen LogP contribution in [-0.2, 0) is 11.2 Å². The standard InChI is InChI=1S/C13H23N3OS/c1-3-14-13(15-8-5-10-17-2)16-9-7-12-6-4-11-18-12/h4,6,11H,3,5,7-10H2,1-2H3,(H2,14,15,16). The zero-order valence-electron chi connectivity index (χ0n) is 11.2. The van der Waals surface area contributed by atoms with Gasteiger partial charge in [0.15, 0.2) is 5.96 Å². The summed E-state index contributed by atoms with van der Waals surface area (Å²) in [6.07, 6.45) is 2.00. The third-order valence-electron chi connectivity index (χ3n) is 2.36. The van der Waals surface area contributed by atoms with Crippen molar-refractivity contribution in [2.45, 2.75) is 19.8 Å². The molecule has 0 spiro atoms. The first kappa shape index (κ1) is 15.0. The molecule has 0 unspecified atom stereocenters. The molecule has 0 fully saturated rings. The monoisotopic (exact) mass is 269 g/mol. The topological polar surface area (TPSA) is 45.7 Å². The molecule has 102 valence electrons. The van der Waals surface area contributed by atoms with Crippen LogP contribution in [0.25, 0.3) is 0 Å². The normalized spacial score (nSPS) is 11.6. The molecule has 0 radical (unpaired) electrons. The van der Waals surface area contributed by atoms with Crippen LogP contribution in [0.2, 0.25) is 0 Å². The highest BCUT2D eigenvalue weighted by Crippen LogP contribution is 2.07. The molecule has 0 saturated carbocycles. The molecule has 4 nitrogen and oxygen atoms in total. The Hall–Kier alpha value is -1.07. The number of thiophene rings is 1. The van der Waals surface area contributed by atoms with Crippen LogP contribution in [0.4, 0.5) is 0 Å². The summed E-state index contributed by atoms with van der Waals surface area (Å²) in [6, 6.07) is 4.25. The van der Waals surface area contributed by atoms with E-state index >= 15 is 0 Å². The first-order valence-electron chi connectivity index (χ1n) is 6.40. The molecule has 0 aromatic carbocycles. The van der Waals surface area contributed by atoms with Gasteiger partial charge in [0.1, 0.15) is 0 Å². The number of hydrogen-bond donors (Lipinski definition) is 2. The lowest BCUT2D eigenvalue weighted by Crippen LogP contribution is -2.38. The molecule has 0 saturated heterocycles. The Kier molecular flexibility index (Phi) is 8.25. The molecule has 0 aliphatic heterocycles. The van der Waals surface area contributed by atoms with Crippen molar-refractivity contribution in [3.63, 3.8) is 0 Å². The van der Waals surface area contributed by atoms with Gasteiger partial charge in [-0.1, -0.05) is 6.07 Å². The molecule has 5 heteroatoms. The van der Waals surface area contributed by atoms with Crippen molar-refractivity contribution in [1.29, 1.82) is 0 Å². The third kappa shape index (κ3) is 6.61. The van der Waals surface area contributed by atoms with Crippen molar-refractivity contribution in [2.75, 3.05) is 33.4 Å². The number of ether oxygens (including phenoxy) is 1. The van der Waals surface area contributed by atoms with E-state index in [0.29, 0.717) is 0 Å². The van der Waals surface area contributed by atoms with E-state index in [1.807, 2.05) is 0 Å². The van der Waals surface area contributed by atoms with Crippen molar-refractivity contribution < 1.29 is 4.74 Å². The summed E-state index contributed by atoms with van der Waals surface area (Å²) in [6.45, 7) is 5.43. The van der Waals surface area contributed by atoms with E-state index < -0.39 is 0 Å². The maximum Gasteiger partial charge on any atom is 0.191 e. The fourth-order valence-electron chi connectivity index (χ4n) is 1.50. The summed E-state index contributed by atoms with van der Waals surface area (Å²) in [4.78, 5) is 5.89. The Labute approximate surface area is 113 Å². The maximum absolute atomic E-state index is 5.01. The predicted molar refractivity (Wildman–Crippen MR) is 78.5 cm³/mol.